The van der Waals surface area contributed by atoms with Gasteiger partial charge in [0, 0.05) is 16.5 Å². The first kappa shape index (κ1) is 9.80. The standard InChI is InChI=1S/C10H11BrO3/c11-8-2-3-9-10(7(8)6-12)14-5-1-4-13-9/h2-3,12H,1,4-6H2. The maximum Gasteiger partial charge on any atom is 0.167 e. The van der Waals surface area contributed by atoms with Crippen LogP contribution in [0.3, 0.4) is 0 Å². The molecule has 0 unspecified atom stereocenters. The van der Waals surface area contributed by atoms with Crippen LogP contribution < -0.4 is 9.47 Å². The molecule has 0 atom stereocenters. The molecule has 0 aliphatic carbocycles. The van der Waals surface area contributed by atoms with Crippen LogP contribution in [0.4, 0.5) is 0 Å². The number of halogens is 1. The number of ether oxygens (including phenoxy) is 2. The number of hydrogen-bond donors (Lipinski definition) is 1. The molecule has 1 aliphatic rings. The lowest BCUT2D eigenvalue weighted by Crippen LogP contribution is -1.99. The van der Waals surface area contributed by atoms with E-state index in [-0.39, 0.29) is 6.61 Å². The Hall–Kier alpha value is -0.740. The number of benzene rings is 1. The Morgan fingerprint density at radius 3 is 2.86 bits per heavy atom. The highest BCUT2D eigenvalue weighted by atomic mass is 79.9. The number of fused-ring (bicyclic) bond motifs is 1. The van der Waals surface area contributed by atoms with Crippen LogP contribution in [-0.4, -0.2) is 18.3 Å². The van der Waals surface area contributed by atoms with Gasteiger partial charge in [0.2, 0.25) is 0 Å². The first-order valence-corrected chi connectivity index (χ1v) is 5.30. The molecule has 76 valence electrons. The van der Waals surface area contributed by atoms with Crippen molar-refractivity contribution in [1.82, 2.24) is 0 Å². The SMILES string of the molecule is OCc1c(Br)ccc2c1OCCCO2. The van der Waals surface area contributed by atoms with Crippen LogP contribution in [0.2, 0.25) is 0 Å². The minimum Gasteiger partial charge on any atom is -0.490 e. The molecule has 0 saturated carbocycles. The first-order valence-electron chi connectivity index (χ1n) is 4.51. The highest BCUT2D eigenvalue weighted by molar-refractivity contribution is 9.10. The molecular weight excluding hydrogens is 248 g/mol. The quantitative estimate of drug-likeness (QED) is 0.839. The zero-order valence-corrected chi connectivity index (χ0v) is 9.21. The van der Waals surface area contributed by atoms with Gasteiger partial charge in [0.25, 0.3) is 0 Å². The lowest BCUT2D eigenvalue weighted by atomic mass is 10.2. The topological polar surface area (TPSA) is 38.7 Å². The van der Waals surface area contributed by atoms with Crippen LogP contribution >= 0.6 is 15.9 Å². The van der Waals surface area contributed by atoms with Gasteiger partial charge >= 0.3 is 0 Å². The molecule has 0 aromatic heterocycles. The first-order chi connectivity index (χ1) is 6.83. The second kappa shape index (κ2) is 4.19. The second-order valence-corrected chi connectivity index (χ2v) is 3.92. The van der Waals surface area contributed by atoms with Gasteiger partial charge in [-0.25, -0.2) is 0 Å². The molecular formula is C10H11BrO3. The van der Waals surface area contributed by atoms with Gasteiger partial charge < -0.3 is 14.6 Å². The fraction of sp³-hybridized carbons (Fsp3) is 0.400. The summed E-state index contributed by atoms with van der Waals surface area (Å²) in [6, 6.07) is 3.71. The summed E-state index contributed by atoms with van der Waals surface area (Å²) in [5, 5.41) is 9.20. The Labute approximate surface area is 90.8 Å². The monoisotopic (exact) mass is 258 g/mol. The van der Waals surface area contributed by atoms with Gasteiger partial charge in [-0.2, -0.15) is 0 Å². The van der Waals surface area contributed by atoms with Crippen LogP contribution in [0.1, 0.15) is 12.0 Å². The molecule has 0 fully saturated rings. The largest absolute Gasteiger partial charge is 0.490 e. The summed E-state index contributed by atoms with van der Waals surface area (Å²) >= 11 is 3.37. The van der Waals surface area contributed by atoms with Crippen molar-refractivity contribution in [2.45, 2.75) is 13.0 Å². The van der Waals surface area contributed by atoms with Crippen molar-refractivity contribution in [1.29, 1.82) is 0 Å². The van der Waals surface area contributed by atoms with E-state index in [1.165, 1.54) is 0 Å². The van der Waals surface area contributed by atoms with E-state index < -0.39 is 0 Å². The Balaban J connectivity index is 2.48. The summed E-state index contributed by atoms with van der Waals surface area (Å²) in [6.07, 6.45) is 0.872. The number of rotatable bonds is 1. The van der Waals surface area contributed by atoms with E-state index >= 15 is 0 Å². The van der Waals surface area contributed by atoms with Gasteiger partial charge in [0.15, 0.2) is 11.5 Å². The van der Waals surface area contributed by atoms with Crippen LogP contribution in [0, 0.1) is 0 Å². The second-order valence-electron chi connectivity index (χ2n) is 3.06. The van der Waals surface area contributed by atoms with Crippen LogP contribution in [0.15, 0.2) is 16.6 Å². The summed E-state index contributed by atoms with van der Waals surface area (Å²) in [5.41, 5.74) is 0.754. The molecule has 2 rings (SSSR count). The molecule has 1 N–H and O–H groups in total. The van der Waals surface area contributed by atoms with Crippen molar-refractivity contribution >= 4 is 15.9 Å². The van der Waals surface area contributed by atoms with E-state index in [0.717, 1.165) is 22.2 Å². The molecule has 0 bridgehead atoms. The van der Waals surface area contributed by atoms with Crippen molar-refractivity contribution < 1.29 is 14.6 Å². The molecule has 4 heteroatoms. The Morgan fingerprint density at radius 2 is 2.07 bits per heavy atom. The molecule has 14 heavy (non-hydrogen) atoms. The lowest BCUT2D eigenvalue weighted by molar-refractivity contribution is 0.263. The van der Waals surface area contributed by atoms with Crippen LogP contribution in [0.25, 0.3) is 0 Å². The molecule has 1 aliphatic heterocycles. The van der Waals surface area contributed by atoms with E-state index in [1.54, 1.807) is 0 Å². The average molecular weight is 259 g/mol. The van der Waals surface area contributed by atoms with Crippen molar-refractivity contribution in [3.63, 3.8) is 0 Å². The van der Waals surface area contributed by atoms with E-state index in [1.807, 2.05) is 12.1 Å². The molecule has 0 radical (unpaired) electrons. The fourth-order valence-corrected chi connectivity index (χ4v) is 1.85. The number of aliphatic hydroxyl groups excluding tert-OH is 1. The normalized spacial score (nSPS) is 15.0. The van der Waals surface area contributed by atoms with Gasteiger partial charge in [0.1, 0.15) is 0 Å². The number of hydrogen-bond acceptors (Lipinski definition) is 3. The van der Waals surface area contributed by atoms with Gasteiger partial charge in [-0.05, 0) is 12.1 Å². The van der Waals surface area contributed by atoms with E-state index in [0.29, 0.717) is 19.0 Å². The van der Waals surface area contributed by atoms with E-state index in [9.17, 15) is 5.11 Å². The van der Waals surface area contributed by atoms with E-state index in [2.05, 4.69) is 15.9 Å². The van der Waals surface area contributed by atoms with Gasteiger partial charge in [-0.1, -0.05) is 15.9 Å². The molecule has 0 spiro atoms. The van der Waals surface area contributed by atoms with Gasteiger partial charge in [-0.3, -0.25) is 0 Å². The smallest absolute Gasteiger partial charge is 0.167 e. The zero-order chi connectivity index (χ0) is 9.97. The van der Waals surface area contributed by atoms with Crippen molar-refractivity contribution in [2.24, 2.45) is 0 Å². The molecule has 1 aromatic carbocycles. The van der Waals surface area contributed by atoms with Crippen molar-refractivity contribution in [3.8, 4) is 11.5 Å². The summed E-state index contributed by atoms with van der Waals surface area (Å²) < 4.78 is 11.9. The highest BCUT2D eigenvalue weighted by Gasteiger charge is 2.16. The Kier molecular flexibility index (Phi) is 2.93. The lowest BCUT2D eigenvalue weighted by Gasteiger charge is -2.12. The van der Waals surface area contributed by atoms with Crippen LogP contribution in [-0.2, 0) is 6.61 Å². The minimum atomic E-state index is -0.0485. The molecule has 0 amide bonds. The molecule has 1 aromatic rings. The highest BCUT2D eigenvalue weighted by Crippen LogP contribution is 2.37. The maximum atomic E-state index is 9.20. The zero-order valence-electron chi connectivity index (χ0n) is 7.62. The summed E-state index contributed by atoms with van der Waals surface area (Å²) in [4.78, 5) is 0. The maximum absolute atomic E-state index is 9.20. The predicted molar refractivity (Wildman–Crippen MR) is 55.7 cm³/mol. The minimum absolute atomic E-state index is 0.0485. The Bertz CT molecular complexity index is 338. The fourth-order valence-electron chi connectivity index (χ4n) is 1.42. The summed E-state index contributed by atoms with van der Waals surface area (Å²) in [5.74, 6) is 1.38. The van der Waals surface area contributed by atoms with Gasteiger partial charge in [0.05, 0.1) is 19.8 Å². The third kappa shape index (κ3) is 1.72. The Morgan fingerprint density at radius 1 is 1.29 bits per heavy atom. The van der Waals surface area contributed by atoms with Crippen LogP contribution in [0.5, 0.6) is 11.5 Å². The summed E-state index contributed by atoms with van der Waals surface area (Å²) in [7, 11) is 0. The van der Waals surface area contributed by atoms with Crippen molar-refractivity contribution in [3.05, 3.63) is 22.2 Å². The third-order valence-corrected chi connectivity index (χ3v) is 2.86. The summed E-state index contributed by atoms with van der Waals surface area (Å²) in [6.45, 7) is 1.25. The number of aliphatic hydroxyl groups is 1. The van der Waals surface area contributed by atoms with Gasteiger partial charge in [-0.15, -0.1) is 0 Å². The average Bonchev–Trinajstić information content (AvgIpc) is 2.42. The molecule has 1 heterocycles. The van der Waals surface area contributed by atoms with Crippen molar-refractivity contribution in [2.75, 3.05) is 13.2 Å². The van der Waals surface area contributed by atoms with E-state index in [4.69, 9.17) is 9.47 Å². The predicted octanol–water partition coefficient (Wildman–Crippen LogP) is 2.10. The molecule has 0 saturated heterocycles. The third-order valence-electron chi connectivity index (χ3n) is 2.12. The molecule has 3 nitrogen and oxygen atoms in total.